The van der Waals surface area contributed by atoms with Crippen LogP contribution >= 0.6 is 0 Å². The number of ether oxygens (including phenoxy) is 1. The number of nitrogen functional groups attached to an aromatic ring is 1. The standard InChI is InChI=1S/C15H26N2O3S/c1-5-6-7-10-17(12(2)3)21(18,19)13-8-9-15(20-4)14(16)11-13/h8-9,11-12H,5-7,10,16H2,1-4H3. The van der Waals surface area contributed by atoms with Gasteiger partial charge in [-0.1, -0.05) is 19.8 Å². The van der Waals surface area contributed by atoms with Crippen molar-refractivity contribution in [1.29, 1.82) is 0 Å². The number of sulfonamides is 1. The van der Waals surface area contributed by atoms with Gasteiger partial charge in [-0.25, -0.2) is 8.42 Å². The van der Waals surface area contributed by atoms with Crippen LogP contribution in [0.2, 0.25) is 0 Å². The van der Waals surface area contributed by atoms with Gasteiger partial charge >= 0.3 is 0 Å². The second-order valence-electron chi connectivity index (χ2n) is 5.32. The Morgan fingerprint density at radius 1 is 1.29 bits per heavy atom. The third-order valence-corrected chi connectivity index (χ3v) is 5.44. The van der Waals surface area contributed by atoms with Crippen LogP contribution in [0.3, 0.4) is 0 Å². The van der Waals surface area contributed by atoms with Crippen molar-refractivity contribution in [2.45, 2.75) is 51.0 Å². The molecule has 1 rings (SSSR count). The Morgan fingerprint density at radius 3 is 2.43 bits per heavy atom. The number of rotatable bonds is 8. The van der Waals surface area contributed by atoms with E-state index in [4.69, 9.17) is 10.5 Å². The lowest BCUT2D eigenvalue weighted by Crippen LogP contribution is -2.37. The minimum absolute atomic E-state index is 0.0878. The second kappa shape index (κ2) is 7.66. The SMILES string of the molecule is CCCCCN(C(C)C)S(=O)(=O)c1ccc(OC)c(N)c1. The molecule has 2 N–H and O–H groups in total. The molecule has 0 saturated heterocycles. The molecule has 0 bridgehead atoms. The van der Waals surface area contributed by atoms with Crippen LogP contribution in [0.5, 0.6) is 5.75 Å². The van der Waals surface area contributed by atoms with E-state index in [1.54, 1.807) is 12.1 Å². The lowest BCUT2D eigenvalue weighted by atomic mass is 10.2. The van der Waals surface area contributed by atoms with E-state index < -0.39 is 10.0 Å². The number of hydrogen-bond donors (Lipinski definition) is 1. The van der Waals surface area contributed by atoms with Gasteiger partial charge in [-0.15, -0.1) is 0 Å². The number of nitrogens with two attached hydrogens (primary N) is 1. The Balaban J connectivity index is 3.08. The summed E-state index contributed by atoms with van der Waals surface area (Å²) in [7, 11) is -2.03. The van der Waals surface area contributed by atoms with E-state index in [9.17, 15) is 8.42 Å². The van der Waals surface area contributed by atoms with Crippen molar-refractivity contribution in [2.24, 2.45) is 0 Å². The van der Waals surface area contributed by atoms with Crippen LogP contribution in [0.4, 0.5) is 5.69 Å². The third-order valence-electron chi connectivity index (χ3n) is 3.37. The number of methoxy groups -OCH3 is 1. The zero-order valence-electron chi connectivity index (χ0n) is 13.3. The summed E-state index contributed by atoms with van der Waals surface area (Å²) >= 11 is 0. The number of hydrogen-bond acceptors (Lipinski definition) is 4. The average Bonchev–Trinajstić information content (AvgIpc) is 2.42. The van der Waals surface area contributed by atoms with Gasteiger partial charge in [0.05, 0.1) is 17.7 Å². The molecule has 1 aromatic carbocycles. The topological polar surface area (TPSA) is 72.6 Å². The highest BCUT2D eigenvalue weighted by Gasteiger charge is 2.27. The molecule has 1 aromatic rings. The van der Waals surface area contributed by atoms with Crippen LogP contribution in [0.25, 0.3) is 0 Å². The summed E-state index contributed by atoms with van der Waals surface area (Å²) in [5.74, 6) is 0.482. The molecule has 0 aromatic heterocycles. The lowest BCUT2D eigenvalue weighted by Gasteiger charge is -2.26. The minimum Gasteiger partial charge on any atom is -0.495 e. The fraction of sp³-hybridized carbons (Fsp3) is 0.600. The maximum atomic E-state index is 12.7. The fourth-order valence-corrected chi connectivity index (χ4v) is 3.89. The van der Waals surface area contributed by atoms with E-state index in [2.05, 4.69) is 6.92 Å². The average molecular weight is 314 g/mol. The normalized spacial score (nSPS) is 12.1. The summed E-state index contributed by atoms with van der Waals surface area (Å²) < 4.78 is 32.1. The van der Waals surface area contributed by atoms with Gasteiger partial charge in [-0.05, 0) is 38.5 Å². The van der Waals surface area contributed by atoms with Crippen molar-refractivity contribution in [1.82, 2.24) is 4.31 Å². The molecule has 0 saturated carbocycles. The predicted octanol–water partition coefficient (Wildman–Crippen LogP) is 2.87. The maximum Gasteiger partial charge on any atom is 0.243 e. The maximum absolute atomic E-state index is 12.7. The lowest BCUT2D eigenvalue weighted by molar-refractivity contribution is 0.345. The van der Waals surface area contributed by atoms with E-state index in [1.807, 2.05) is 13.8 Å². The molecule has 0 radical (unpaired) electrons. The summed E-state index contributed by atoms with van der Waals surface area (Å²) in [4.78, 5) is 0.214. The highest BCUT2D eigenvalue weighted by atomic mass is 32.2. The highest BCUT2D eigenvalue weighted by Crippen LogP contribution is 2.27. The van der Waals surface area contributed by atoms with Gasteiger partial charge in [0.25, 0.3) is 0 Å². The van der Waals surface area contributed by atoms with Gasteiger partial charge in [0.1, 0.15) is 5.75 Å². The van der Waals surface area contributed by atoms with Gasteiger partial charge in [0.15, 0.2) is 0 Å². The van der Waals surface area contributed by atoms with E-state index in [-0.39, 0.29) is 10.9 Å². The molecule has 0 aliphatic heterocycles. The van der Waals surface area contributed by atoms with Crippen LogP contribution in [0.15, 0.2) is 23.1 Å². The Bertz CT molecular complexity index is 556. The molecule has 0 aliphatic carbocycles. The molecule has 0 spiro atoms. The molecule has 0 heterocycles. The van der Waals surface area contributed by atoms with Crippen LogP contribution in [-0.2, 0) is 10.0 Å². The Kier molecular flexibility index (Phi) is 6.48. The summed E-state index contributed by atoms with van der Waals surface area (Å²) in [6, 6.07) is 4.51. The van der Waals surface area contributed by atoms with E-state index >= 15 is 0 Å². The Morgan fingerprint density at radius 2 is 1.95 bits per heavy atom. The van der Waals surface area contributed by atoms with Crippen molar-refractivity contribution in [3.63, 3.8) is 0 Å². The first-order valence-corrected chi connectivity index (χ1v) is 8.74. The van der Waals surface area contributed by atoms with Crippen molar-refractivity contribution >= 4 is 15.7 Å². The molecule has 21 heavy (non-hydrogen) atoms. The smallest absolute Gasteiger partial charge is 0.243 e. The molecule has 0 fully saturated rings. The van der Waals surface area contributed by atoms with Crippen molar-refractivity contribution < 1.29 is 13.2 Å². The zero-order chi connectivity index (χ0) is 16.0. The molecular weight excluding hydrogens is 288 g/mol. The number of unbranched alkanes of at least 4 members (excludes halogenated alkanes) is 2. The first kappa shape index (κ1) is 17.8. The van der Waals surface area contributed by atoms with Crippen LogP contribution < -0.4 is 10.5 Å². The van der Waals surface area contributed by atoms with Gasteiger partial charge in [-0.2, -0.15) is 4.31 Å². The molecule has 6 heteroatoms. The fourth-order valence-electron chi connectivity index (χ4n) is 2.18. The predicted molar refractivity (Wildman–Crippen MR) is 86.0 cm³/mol. The first-order chi connectivity index (χ1) is 9.84. The van der Waals surface area contributed by atoms with E-state index in [0.717, 1.165) is 19.3 Å². The zero-order valence-corrected chi connectivity index (χ0v) is 14.1. The molecule has 0 atom stereocenters. The molecular formula is C15H26N2O3S. The van der Waals surface area contributed by atoms with Gasteiger partial charge in [0, 0.05) is 12.6 Å². The van der Waals surface area contributed by atoms with Gasteiger partial charge in [-0.3, -0.25) is 0 Å². The van der Waals surface area contributed by atoms with Crippen LogP contribution in [0, 0.1) is 0 Å². The van der Waals surface area contributed by atoms with Crippen molar-refractivity contribution in [3.05, 3.63) is 18.2 Å². The van der Waals surface area contributed by atoms with Crippen LogP contribution in [0.1, 0.15) is 40.0 Å². The Labute approximate surface area is 128 Å². The molecule has 0 unspecified atom stereocenters. The minimum atomic E-state index is -3.53. The van der Waals surface area contributed by atoms with E-state index in [0.29, 0.717) is 18.0 Å². The highest BCUT2D eigenvalue weighted by molar-refractivity contribution is 7.89. The molecule has 5 nitrogen and oxygen atoms in total. The third kappa shape index (κ3) is 4.35. The molecule has 120 valence electrons. The van der Waals surface area contributed by atoms with Crippen LogP contribution in [-0.4, -0.2) is 32.4 Å². The molecule has 0 amide bonds. The van der Waals surface area contributed by atoms with Crippen molar-refractivity contribution in [3.8, 4) is 5.75 Å². The summed E-state index contributed by atoms with van der Waals surface area (Å²) in [5, 5.41) is 0. The summed E-state index contributed by atoms with van der Waals surface area (Å²) in [6.45, 7) is 6.39. The van der Waals surface area contributed by atoms with Crippen molar-refractivity contribution in [2.75, 3.05) is 19.4 Å². The number of nitrogens with zero attached hydrogens (tertiary/aromatic N) is 1. The largest absolute Gasteiger partial charge is 0.495 e. The summed E-state index contributed by atoms with van der Waals surface area (Å²) in [5.41, 5.74) is 6.15. The Hall–Kier alpha value is -1.27. The van der Waals surface area contributed by atoms with Gasteiger partial charge in [0.2, 0.25) is 10.0 Å². The summed E-state index contributed by atoms with van der Waals surface area (Å²) in [6.07, 6.45) is 2.94. The van der Waals surface area contributed by atoms with E-state index in [1.165, 1.54) is 17.5 Å². The number of anilines is 1. The van der Waals surface area contributed by atoms with Gasteiger partial charge < -0.3 is 10.5 Å². The quantitative estimate of drug-likeness (QED) is 0.591. The first-order valence-electron chi connectivity index (χ1n) is 7.30. The second-order valence-corrected chi connectivity index (χ2v) is 7.21. The number of benzene rings is 1. The monoisotopic (exact) mass is 314 g/mol. The molecule has 0 aliphatic rings.